The average Bonchev–Trinajstić information content (AvgIpc) is 2.00. The molecule has 0 amide bonds. The lowest BCUT2D eigenvalue weighted by atomic mass is 11.3. The summed E-state index contributed by atoms with van der Waals surface area (Å²) in [6, 6.07) is 0. The summed E-state index contributed by atoms with van der Waals surface area (Å²) < 4.78 is 9.64. The van der Waals surface area contributed by atoms with E-state index in [0.29, 0.717) is 0 Å². The summed E-state index contributed by atoms with van der Waals surface area (Å²) in [5, 5.41) is 0. The van der Waals surface area contributed by atoms with Crippen LogP contribution in [0.5, 0.6) is 0 Å². The van der Waals surface area contributed by atoms with Gasteiger partial charge in [-0.2, -0.15) is 0 Å². The van der Waals surface area contributed by atoms with Crippen LogP contribution < -0.4 is 4.65 Å². The summed E-state index contributed by atoms with van der Waals surface area (Å²) in [5.41, 5.74) is 3.65. The Morgan fingerprint density at radius 2 is 1.53 bits per heavy atom. The highest BCUT2D eigenvalue weighted by atomic mass is 35.6. The Morgan fingerprint density at radius 3 is 1.80 bits per heavy atom. The molecular weight excluding hydrogens is 258 g/mol. The maximum atomic E-state index is 6.27. The van der Waals surface area contributed by atoms with E-state index in [9.17, 15) is 0 Å². The van der Waals surface area contributed by atoms with Crippen molar-refractivity contribution in [3.8, 4) is 0 Å². The molecule has 0 aliphatic rings. The fourth-order valence-corrected chi connectivity index (χ4v) is 13.8. The number of rotatable bonds is 6. The van der Waals surface area contributed by atoms with E-state index in [2.05, 4.69) is 44.0 Å². The standard InChI is InChI=1S/C9H22ClNOSi3/c1-8-14(6,10)12-15(7,9-2)11-13(3,4)5/h8-9,11H,1-2H2,3-7H3. The van der Waals surface area contributed by atoms with E-state index in [-0.39, 0.29) is 0 Å². The van der Waals surface area contributed by atoms with E-state index in [1.54, 1.807) is 5.70 Å². The van der Waals surface area contributed by atoms with Gasteiger partial charge in [0.05, 0.1) is 0 Å². The Bertz CT molecular complexity index is 252. The van der Waals surface area contributed by atoms with E-state index in [4.69, 9.17) is 15.2 Å². The first-order valence-electron chi connectivity index (χ1n) is 4.99. The molecule has 0 bridgehead atoms. The molecule has 0 aromatic rings. The van der Waals surface area contributed by atoms with E-state index in [1.807, 2.05) is 12.2 Å². The van der Waals surface area contributed by atoms with Crippen molar-refractivity contribution in [2.75, 3.05) is 0 Å². The minimum Gasteiger partial charge on any atom is -0.427 e. The predicted octanol–water partition coefficient (Wildman–Crippen LogP) is 3.26. The van der Waals surface area contributed by atoms with Gasteiger partial charge >= 0.3 is 7.63 Å². The van der Waals surface area contributed by atoms with Crippen LogP contribution in [0.3, 0.4) is 0 Å². The fraction of sp³-hybridized carbons (Fsp3) is 0.556. The zero-order chi connectivity index (χ0) is 12.3. The van der Waals surface area contributed by atoms with E-state index in [0.717, 1.165) is 0 Å². The van der Waals surface area contributed by atoms with Gasteiger partial charge in [-0.1, -0.05) is 31.0 Å². The Kier molecular flexibility index (Phi) is 5.23. The summed E-state index contributed by atoms with van der Waals surface area (Å²) in [6.45, 7) is 18.3. The Balaban J connectivity index is 4.73. The van der Waals surface area contributed by atoms with Gasteiger partial charge in [0.1, 0.15) is 8.24 Å². The van der Waals surface area contributed by atoms with Crippen LogP contribution in [0.4, 0.5) is 0 Å². The highest BCUT2D eigenvalue weighted by Gasteiger charge is 2.38. The van der Waals surface area contributed by atoms with Gasteiger partial charge in [0.15, 0.2) is 0 Å². The molecular formula is C9H22ClNOSi3. The Labute approximate surface area is 102 Å². The SMILES string of the molecule is C=C[Si](C)(Cl)O[Si](C)(C=C)N[Si](C)(C)C. The van der Waals surface area contributed by atoms with Crippen LogP contribution in [0.1, 0.15) is 0 Å². The van der Waals surface area contributed by atoms with Gasteiger partial charge < -0.3 is 8.76 Å². The van der Waals surface area contributed by atoms with Crippen LogP contribution in [0.2, 0.25) is 32.7 Å². The third kappa shape index (κ3) is 6.49. The molecule has 2 nitrogen and oxygen atoms in total. The van der Waals surface area contributed by atoms with Gasteiger partial charge in [-0.25, -0.2) is 0 Å². The highest BCUT2D eigenvalue weighted by Crippen LogP contribution is 2.19. The number of hydrogen-bond acceptors (Lipinski definition) is 2. The summed E-state index contributed by atoms with van der Waals surface area (Å²) in [4.78, 5) is 0. The van der Waals surface area contributed by atoms with Crippen LogP contribution in [0.25, 0.3) is 0 Å². The first-order valence-corrected chi connectivity index (χ1v) is 14.5. The van der Waals surface area contributed by atoms with Crippen molar-refractivity contribution in [2.45, 2.75) is 32.7 Å². The second-order valence-electron chi connectivity index (χ2n) is 4.98. The summed E-state index contributed by atoms with van der Waals surface area (Å²) >= 11 is 6.27. The normalized spacial score (nSPS) is 20.1. The maximum Gasteiger partial charge on any atom is 0.302 e. The van der Waals surface area contributed by atoms with E-state index in [1.165, 1.54) is 0 Å². The van der Waals surface area contributed by atoms with Crippen LogP contribution in [-0.2, 0) is 4.12 Å². The first-order chi connectivity index (χ1) is 6.54. The quantitative estimate of drug-likeness (QED) is 0.595. The minimum atomic E-state index is -2.25. The fourth-order valence-electron chi connectivity index (χ4n) is 1.32. The zero-order valence-electron chi connectivity index (χ0n) is 10.4. The molecule has 0 aromatic heterocycles. The summed E-state index contributed by atoms with van der Waals surface area (Å²) in [5.74, 6) is 0. The number of nitrogens with one attached hydrogen (secondary N) is 1. The van der Waals surface area contributed by atoms with Crippen molar-refractivity contribution in [1.29, 1.82) is 0 Å². The second-order valence-corrected chi connectivity index (χ2v) is 18.5. The first kappa shape index (κ1) is 15.3. The van der Waals surface area contributed by atoms with Gasteiger partial charge in [0.2, 0.25) is 0 Å². The van der Waals surface area contributed by atoms with Crippen LogP contribution >= 0.6 is 11.1 Å². The zero-order valence-corrected chi connectivity index (χ0v) is 14.1. The minimum absolute atomic E-state index is 1.38. The second kappa shape index (κ2) is 5.11. The van der Waals surface area contributed by atoms with Crippen molar-refractivity contribution >= 4 is 35.4 Å². The lowest BCUT2D eigenvalue weighted by Gasteiger charge is -2.36. The van der Waals surface area contributed by atoms with Gasteiger partial charge in [0.25, 0.3) is 8.48 Å². The topological polar surface area (TPSA) is 21.3 Å². The molecule has 1 N–H and O–H groups in total. The molecule has 0 saturated heterocycles. The Morgan fingerprint density at radius 1 is 1.07 bits per heavy atom. The molecule has 0 aromatic carbocycles. The van der Waals surface area contributed by atoms with Gasteiger partial charge in [-0.15, -0.1) is 24.2 Å². The molecule has 0 heterocycles. The molecule has 0 aliphatic heterocycles. The lowest BCUT2D eigenvalue weighted by molar-refractivity contribution is 0.569. The van der Waals surface area contributed by atoms with Crippen LogP contribution in [0.15, 0.2) is 24.6 Å². The largest absolute Gasteiger partial charge is 0.427 e. The van der Waals surface area contributed by atoms with Gasteiger partial charge in [0, 0.05) is 0 Å². The molecule has 2 unspecified atom stereocenters. The smallest absolute Gasteiger partial charge is 0.302 e. The molecule has 88 valence electrons. The van der Waals surface area contributed by atoms with Gasteiger partial charge in [-0.3, -0.25) is 0 Å². The molecule has 2 atom stereocenters. The molecule has 0 fully saturated rings. The van der Waals surface area contributed by atoms with Crippen molar-refractivity contribution in [3.63, 3.8) is 0 Å². The Hall–Kier alpha value is 0.341. The molecule has 6 heteroatoms. The predicted molar refractivity (Wildman–Crippen MR) is 77.0 cm³/mol. The summed E-state index contributed by atoms with van der Waals surface area (Å²) in [7, 11) is -5.71. The highest BCUT2D eigenvalue weighted by molar-refractivity contribution is 7.21. The van der Waals surface area contributed by atoms with Crippen molar-refractivity contribution in [3.05, 3.63) is 24.6 Å². The summed E-state index contributed by atoms with van der Waals surface area (Å²) in [6.07, 6.45) is 0. The molecule has 0 radical (unpaired) electrons. The maximum absolute atomic E-state index is 6.27. The molecule has 15 heavy (non-hydrogen) atoms. The van der Waals surface area contributed by atoms with Crippen LogP contribution in [-0.4, -0.2) is 24.3 Å². The van der Waals surface area contributed by atoms with Crippen LogP contribution in [0, 0.1) is 0 Å². The molecule has 0 rings (SSSR count). The molecule has 0 spiro atoms. The third-order valence-electron chi connectivity index (χ3n) is 1.79. The van der Waals surface area contributed by atoms with Crippen molar-refractivity contribution in [1.82, 2.24) is 4.65 Å². The molecule has 0 saturated carbocycles. The monoisotopic (exact) mass is 279 g/mol. The average molecular weight is 280 g/mol. The number of halogens is 1. The third-order valence-corrected chi connectivity index (χ3v) is 12.7. The van der Waals surface area contributed by atoms with E-state index < -0.39 is 24.3 Å². The molecule has 0 aliphatic carbocycles. The number of hydrogen-bond donors (Lipinski definition) is 1. The lowest BCUT2D eigenvalue weighted by Crippen LogP contribution is -2.62. The van der Waals surface area contributed by atoms with Crippen molar-refractivity contribution in [2.24, 2.45) is 0 Å². The van der Waals surface area contributed by atoms with Gasteiger partial charge in [-0.05, 0) is 13.1 Å². The van der Waals surface area contributed by atoms with E-state index >= 15 is 0 Å². The van der Waals surface area contributed by atoms with Crippen molar-refractivity contribution < 1.29 is 4.12 Å².